The largest absolute Gasteiger partial charge is 0.314 e. The van der Waals surface area contributed by atoms with E-state index in [-0.39, 0.29) is 0 Å². The molecule has 0 aromatic carbocycles. The van der Waals surface area contributed by atoms with Gasteiger partial charge in [-0.05, 0) is 66.3 Å². The van der Waals surface area contributed by atoms with E-state index in [1.807, 2.05) is 0 Å². The second-order valence-corrected chi connectivity index (χ2v) is 6.88. The average Bonchev–Trinajstić information content (AvgIpc) is 2.83. The molecule has 0 bridgehead atoms. The highest BCUT2D eigenvalue weighted by molar-refractivity contribution is 4.90. The molecule has 1 saturated carbocycles. The molecule has 0 radical (unpaired) electrons. The maximum atomic E-state index is 3.64. The fourth-order valence-electron chi connectivity index (χ4n) is 3.92. The summed E-state index contributed by atoms with van der Waals surface area (Å²) in [5.74, 6) is 0. The van der Waals surface area contributed by atoms with E-state index < -0.39 is 0 Å². The van der Waals surface area contributed by atoms with Gasteiger partial charge in [-0.3, -0.25) is 0 Å². The molecule has 0 aromatic heterocycles. The third-order valence-corrected chi connectivity index (χ3v) is 5.51. The third kappa shape index (κ3) is 4.17. The Labute approximate surface area is 119 Å². The van der Waals surface area contributed by atoms with Crippen LogP contribution < -0.4 is 5.32 Å². The Hall–Kier alpha value is -0.120. The summed E-state index contributed by atoms with van der Waals surface area (Å²) >= 11 is 0. The van der Waals surface area contributed by atoms with Crippen molar-refractivity contribution in [1.82, 2.24) is 15.1 Å². The Bertz CT molecular complexity index is 261. The van der Waals surface area contributed by atoms with Crippen molar-refractivity contribution >= 4 is 0 Å². The summed E-state index contributed by atoms with van der Waals surface area (Å²) in [5, 5.41) is 3.64. The summed E-state index contributed by atoms with van der Waals surface area (Å²) in [6, 6.07) is 0.793. The van der Waals surface area contributed by atoms with Crippen LogP contribution in [0, 0.1) is 0 Å². The van der Waals surface area contributed by atoms with Gasteiger partial charge >= 0.3 is 0 Å². The molecular formula is C16H33N3. The van der Waals surface area contributed by atoms with Crippen molar-refractivity contribution in [2.45, 2.75) is 62.9 Å². The molecule has 1 saturated heterocycles. The molecule has 1 aliphatic heterocycles. The summed E-state index contributed by atoms with van der Waals surface area (Å²) in [4.78, 5) is 5.09. The summed E-state index contributed by atoms with van der Waals surface area (Å²) in [5.41, 5.74) is 0.439. The van der Waals surface area contributed by atoms with Crippen LogP contribution in [0.4, 0.5) is 0 Å². The standard InChI is InChI=1S/C16H33N3/c1-17-16(9-5-4-6-10-16)11-13-18(2)14-15-8-7-12-19(15)3/h15,17H,4-14H2,1-3H3. The van der Waals surface area contributed by atoms with Crippen LogP contribution in [0.3, 0.4) is 0 Å². The first-order valence-electron chi connectivity index (χ1n) is 8.23. The van der Waals surface area contributed by atoms with Gasteiger partial charge < -0.3 is 15.1 Å². The molecule has 1 atom stereocenters. The van der Waals surface area contributed by atoms with Gasteiger partial charge in [-0.1, -0.05) is 19.3 Å². The minimum atomic E-state index is 0.439. The van der Waals surface area contributed by atoms with Gasteiger partial charge in [0.1, 0.15) is 0 Å². The normalized spacial score (nSPS) is 28.1. The summed E-state index contributed by atoms with van der Waals surface area (Å²) in [6.07, 6.45) is 11.1. The Morgan fingerprint density at radius 3 is 2.53 bits per heavy atom. The highest BCUT2D eigenvalue weighted by Gasteiger charge is 2.30. The summed E-state index contributed by atoms with van der Waals surface area (Å²) < 4.78 is 0. The summed E-state index contributed by atoms with van der Waals surface area (Å²) in [7, 11) is 6.75. The molecule has 1 unspecified atom stereocenters. The van der Waals surface area contributed by atoms with Crippen molar-refractivity contribution in [2.75, 3.05) is 40.8 Å². The molecule has 0 spiro atoms. The van der Waals surface area contributed by atoms with Crippen LogP contribution in [0.25, 0.3) is 0 Å². The second kappa shape index (κ2) is 7.05. The van der Waals surface area contributed by atoms with Crippen LogP contribution in [0.1, 0.15) is 51.4 Å². The molecule has 3 heteroatoms. The lowest BCUT2D eigenvalue weighted by molar-refractivity contribution is 0.173. The first kappa shape index (κ1) is 15.3. The zero-order valence-electron chi connectivity index (χ0n) is 13.2. The average molecular weight is 267 g/mol. The van der Waals surface area contributed by atoms with Gasteiger partial charge in [0.2, 0.25) is 0 Å². The minimum Gasteiger partial charge on any atom is -0.314 e. The Morgan fingerprint density at radius 2 is 1.95 bits per heavy atom. The minimum absolute atomic E-state index is 0.439. The maximum Gasteiger partial charge on any atom is 0.0220 e. The van der Waals surface area contributed by atoms with E-state index in [0.29, 0.717) is 5.54 Å². The number of nitrogens with one attached hydrogen (secondary N) is 1. The van der Waals surface area contributed by atoms with Crippen LogP contribution >= 0.6 is 0 Å². The van der Waals surface area contributed by atoms with E-state index in [1.165, 1.54) is 71.0 Å². The quantitative estimate of drug-likeness (QED) is 0.797. The maximum absolute atomic E-state index is 3.64. The van der Waals surface area contributed by atoms with Gasteiger partial charge in [0, 0.05) is 18.1 Å². The first-order chi connectivity index (χ1) is 9.15. The van der Waals surface area contributed by atoms with E-state index in [9.17, 15) is 0 Å². The van der Waals surface area contributed by atoms with Crippen LogP contribution in [0.5, 0.6) is 0 Å². The molecule has 3 nitrogen and oxygen atoms in total. The predicted molar refractivity (Wildman–Crippen MR) is 82.6 cm³/mol. The van der Waals surface area contributed by atoms with Crippen molar-refractivity contribution in [3.05, 3.63) is 0 Å². The van der Waals surface area contributed by atoms with Crippen LogP contribution in [0.2, 0.25) is 0 Å². The molecule has 1 aliphatic carbocycles. The van der Waals surface area contributed by atoms with Gasteiger partial charge in [0.15, 0.2) is 0 Å². The Kier molecular flexibility index (Phi) is 5.67. The van der Waals surface area contributed by atoms with Crippen LogP contribution in [0.15, 0.2) is 0 Å². The van der Waals surface area contributed by atoms with Crippen molar-refractivity contribution < 1.29 is 0 Å². The van der Waals surface area contributed by atoms with E-state index >= 15 is 0 Å². The van der Waals surface area contributed by atoms with Gasteiger partial charge in [0.05, 0.1) is 0 Å². The molecule has 0 aromatic rings. The fraction of sp³-hybridized carbons (Fsp3) is 1.00. The highest BCUT2D eigenvalue weighted by Crippen LogP contribution is 2.30. The zero-order chi connectivity index (χ0) is 13.7. The lowest BCUT2D eigenvalue weighted by Gasteiger charge is -2.39. The van der Waals surface area contributed by atoms with Crippen LogP contribution in [-0.4, -0.2) is 62.2 Å². The number of likely N-dealkylation sites (tertiary alicyclic amines) is 1. The third-order valence-electron chi connectivity index (χ3n) is 5.51. The van der Waals surface area contributed by atoms with Gasteiger partial charge in [-0.2, -0.15) is 0 Å². The lowest BCUT2D eigenvalue weighted by atomic mass is 9.79. The Balaban J connectivity index is 1.73. The smallest absolute Gasteiger partial charge is 0.0220 e. The number of rotatable bonds is 6. The van der Waals surface area contributed by atoms with E-state index in [2.05, 4.69) is 36.3 Å². The molecule has 2 aliphatic rings. The van der Waals surface area contributed by atoms with Crippen molar-refractivity contribution in [1.29, 1.82) is 0 Å². The second-order valence-electron chi connectivity index (χ2n) is 6.88. The van der Waals surface area contributed by atoms with Gasteiger partial charge in [-0.25, -0.2) is 0 Å². The number of nitrogens with zero attached hydrogens (tertiary/aromatic N) is 2. The topological polar surface area (TPSA) is 18.5 Å². The number of likely N-dealkylation sites (N-methyl/N-ethyl adjacent to an activating group) is 2. The fourth-order valence-corrected chi connectivity index (χ4v) is 3.92. The molecule has 2 rings (SSSR count). The SMILES string of the molecule is CNC1(CCN(C)CC2CCCN2C)CCCCC1. The molecular weight excluding hydrogens is 234 g/mol. The summed E-state index contributed by atoms with van der Waals surface area (Å²) in [6.45, 7) is 3.78. The monoisotopic (exact) mass is 267 g/mol. The van der Waals surface area contributed by atoms with Crippen molar-refractivity contribution in [3.63, 3.8) is 0 Å². The van der Waals surface area contributed by atoms with Crippen molar-refractivity contribution in [2.24, 2.45) is 0 Å². The van der Waals surface area contributed by atoms with E-state index in [1.54, 1.807) is 0 Å². The zero-order valence-corrected chi connectivity index (χ0v) is 13.2. The highest BCUT2D eigenvalue weighted by atomic mass is 15.2. The number of hydrogen-bond acceptors (Lipinski definition) is 3. The number of hydrogen-bond donors (Lipinski definition) is 1. The Morgan fingerprint density at radius 1 is 1.21 bits per heavy atom. The molecule has 19 heavy (non-hydrogen) atoms. The lowest BCUT2D eigenvalue weighted by Crippen LogP contribution is -2.47. The van der Waals surface area contributed by atoms with Gasteiger partial charge in [-0.15, -0.1) is 0 Å². The molecule has 1 heterocycles. The molecule has 2 fully saturated rings. The van der Waals surface area contributed by atoms with Crippen molar-refractivity contribution in [3.8, 4) is 0 Å². The molecule has 0 amide bonds. The van der Waals surface area contributed by atoms with Crippen LogP contribution in [-0.2, 0) is 0 Å². The van der Waals surface area contributed by atoms with E-state index in [0.717, 1.165) is 6.04 Å². The first-order valence-corrected chi connectivity index (χ1v) is 8.23. The molecule has 1 N–H and O–H groups in total. The predicted octanol–water partition coefficient (Wildman–Crippen LogP) is 2.32. The van der Waals surface area contributed by atoms with Gasteiger partial charge in [0.25, 0.3) is 0 Å². The molecule has 112 valence electrons. The van der Waals surface area contributed by atoms with E-state index in [4.69, 9.17) is 0 Å².